The van der Waals surface area contributed by atoms with Crippen LogP contribution in [0.2, 0.25) is 0 Å². The first-order valence-electron chi connectivity index (χ1n) is 10.6. The molecule has 1 aliphatic rings. The van der Waals surface area contributed by atoms with Crippen LogP contribution in [0.5, 0.6) is 0 Å². The lowest BCUT2D eigenvalue weighted by Gasteiger charge is -2.18. The fourth-order valence-corrected chi connectivity index (χ4v) is 3.87. The van der Waals surface area contributed by atoms with E-state index in [0.29, 0.717) is 13.1 Å². The third kappa shape index (κ3) is 4.46. The largest absolute Gasteiger partial charge is 0.330 e. The van der Waals surface area contributed by atoms with Gasteiger partial charge in [0.15, 0.2) is 5.82 Å². The van der Waals surface area contributed by atoms with E-state index < -0.39 is 0 Å². The van der Waals surface area contributed by atoms with Crippen molar-refractivity contribution < 1.29 is 0 Å². The van der Waals surface area contributed by atoms with Crippen molar-refractivity contribution >= 4 is 5.71 Å². The Balaban J connectivity index is 1.95. The predicted molar refractivity (Wildman–Crippen MR) is 112 cm³/mol. The van der Waals surface area contributed by atoms with Gasteiger partial charge in [-0.05, 0) is 25.3 Å². The molecule has 5 nitrogen and oxygen atoms in total. The Morgan fingerprint density at radius 3 is 2.59 bits per heavy atom. The van der Waals surface area contributed by atoms with Crippen LogP contribution in [0.4, 0.5) is 0 Å². The minimum Gasteiger partial charge on any atom is -0.330 e. The normalized spacial score (nSPS) is 14.3. The molecule has 146 valence electrons. The maximum atomic E-state index is 6.14. The topological polar surface area (TPSA) is 69.1 Å². The molecule has 2 aromatic rings. The Hall–Kier alpha value is -2.01. The molecule has 0 amide bonds. The number of fused-ring (bicyclic) bond motifs is 3. The summed E-state index contributed by atoms with van der Waals surface area (Å²) in [7, 11) is 0. The Kier molecular flexibility index (Phi) is 7.16. The number of hydrogen-bond acceptors (Lipinski definition) is 4. The van der Waals surface area contributed by atoms with Crippen molar-refractivity contribution in [1.29, 1.82) is 0 Å². The first-order valence-corrected chi connectivity index (χ1v) is 10.6. The molecule has 3 rings (SSSR count). The van der Waals surface area contributed by atoms with E-state index >= 15 is 0 Å². The molecule has 0 spiro atoms. The molecule has 0 aliphatic carbocycles. The molecule has 0 saturated heterocycles. The van der Waals surface area contributed by atoms with E-state index in [4.69, 9.17) is 10.7 Å². The standard InChI is InChI=1S/C22H33N5/c1-3-5-7-11-17(15-23)22-26-25-21-16-24-19(13-8-6-4-2)18-12-9-10-14-20(18)27(21)22/h9-10,12,14,17H,3-8,11,13,15-16,23H2,1-2H3. The van der Waals surface area contributed by atoms with Crippen LogP contribution in [0, 0.1) is 0 Å². The summed E-state index contributed by atoms with van der Waals surface area (Å²) in [6, 6.07) is 8.56. The van der Waals surface area contributed by atoms with Gasteiger partial charge in [-0.25, -0.2) is 0 Å². The molecular formula is C22H33N5. The zero-order valence-corrected chi connectivity index (χ0v) is 16.8. The molecule has 1 aromatic carbocycles. The molecule has 1 aromatic heterocycles. The van der Waals surface area contributed by atoms with E-state index in [9.17, 15) is 0 Å². The van der Waals surface area contributed by atoms with Gasteiger partial charge in [0.1, 0.15) is 5.82 Å². The van der Waals surface area contributed by atoms with Gasteiger partial charge in [-0.15, -0.1) is 10.2 Å². The zero-order chi connectivity index (χ0) is 19.1. The first-order chi connectivity index (χ1) is 13.3. The maximum absolute atomic E-state index is 6.14. The minimum absolute atomic E-state index is 0.243. The highest BCUT2D eigenvalue weighted by Crippen LogP contribution is 2.29. The van der Waals surface area contributed by atoms with Crippen molar-refractivity contribution in [1.82, 2.24) is 14.8 Å². The third-order valence-corrected chi connectivity index (χ3v) is 5.45. The van der Waals surface area contributed by atoms with Crippen LogP contribution in [-0.2, 0) is 6.54 Å². The zero-order valence-electron chi connectivity index (χ0n) is 16.8. The molecule has 0 radical (unpaired) electrons. The van der Waals surface area contributed by atoms with Gasteiger partial charge in [-0.2, -0.15) is 0 Å². The summed E-state index contributed by atoms with van der Waals surface area (Å²) >= 11 is 0. The van der Waals surface area contributed by atoms with Crippen molar-refractivity contribution in [2.75, 3.05) is 6.54 Å². The molecule has 2 N–H and O–H groups in total. The van der Waals surface area contributed by atoms with Crippen molar-refractivity contribution in [3.05, 3.63) is 41.5 Å². The Bertz CT molecular complexity index is 762. The Morgan fingerprint density at radius 2 is 1.81 bits per heavy atom. The summed E-state index contributed by atoms with van der Waals surface area (Å²) in [5, 5.41) is 9.05. The third-order valence-electron chi connectivity index (χ3n) is 5.45. The summed E-state index contributed by atoms with van der Waals surface area (Å²) in [4.78, 5) is 4.91. The van der Waals surface area contributed by atoms with Gasteiger partial charge in [-0.1, -0.05) is 64.2 Å². The number of nitrogens with two attached hydrogens (primary N) is 1. The number of nitrogens with zero attached hydrogens (tertiary/aromatic N) is 4. The van der Waals surface area contributed by atoms with Crippen LogP contribution in [0.3, 0.4) is 0 Å². The van der Waals surface area contributed by atoms with Crippen LogP contribution in [-0.4, -0.2) is 27.0 Å². The monoisotopic (exact) mass is 367 g/mol. The molecule has 0 bridgehead atoms. The molecular weight excluding hydrogens is 334 g/mol. The molecule has 1 aliphatic heterocycles. The highest BCUT2D eigenvalue weighted by atomic mass is 15.3. The Labute approximate surface area is 163 Å². The Morgan fingerprint density at radius 1 is 1.04 bits per heavy atom. The fraction of sp³-hybridized carbons (Fsp3) is 0.591. The van der Waals surface area contributed by atoms with Gasteiger partial charge < -0.3 is 5.73 Å². The summed E-state index contributed by atoms with van der Waals surface area (Å²) < 4.78 is 2.23. The van der Waals surface area contributed by atoms with E-state index in [2.05, 4.69) is 52.9 Å². The number of aromatic nitrogens is 3. The van der Waals surface area contributed by atoms with Crippen molar-refractivity contribution in [3.63, 3.8) is 0 Å². The fourth-order valence-electron chi connectivity index (χ4n) is 3.87. The van der Waals surface area contributed by atoms with E-state index in [1.807, 2.05) is 0 Å². The van der Waals surface area contributed by atoms with Gasteiger partial charge in [-0.3, -0.25) is 9.56 Å². The molecule has 1 atom stereocenters. The minimum atomic E-state index is 0.243. The lowest BCUT2D eigenvalue weighted by Crippen LogP contribution is -2.18. The van der Waals surface area contributed by atoms with E-state index in [1.54, 1.807) is 0 Å². The average Bonchev–Trinajstić information content (AvgIpc) is 3.05. The van der Waals surface area contributed by atoms with Crippen LogP contribution < -0.4 is 5.73 Å². The lowest BCUT2D eigenvalue weighted by molar-refractivity contribution is 0.541. The maximum Gasteiger partial charge on any atom is 0.159 e. The predicted octanol–water partition coefficient (Wildman–Crippen LogP) is 4.77. The van der Waals surface area contributed by atoms with E-state index in [1.165, 1.54) is 49.8 Å². The summed E-state index contributed by atoms with van der Waals surface area (Å²) in [5.74, 6) is 2.17. The second kappa shape index (κ2) is 9.79. The molecule has 1 unspecified atom stereocenters. The van der Waals surface area contributed by atoms with Crippen LogP contribution in [0.25, 0.3) is 5.69 Å². The van der Waals surface area contributed by atoms with Crippen LogP contribution >= 0.6 is 0 Å². The van der Waals surface area contributed by atoms with E-state index in [-0.39, 0.29) is 5.92 Å². The second-order valence-electron chi connectivity index (χ2n) is 7.48. The van der Waals surface area contributed by atoms with Gasteiger partial charge in [0.05, 0.1) is 12.2 Å². The van der Waals surface area contributed by atoms with Gasteiger partial charge in [0.25, 0.3) is 0 Å². The lowest BCUT2D eigenvalue weighted by atomic mass is 9.99. The first kappa shape index (κ1) is 19.7. The van der Waals surface area contributed by atoms with Crippen molar-refractivity contribution in [2.45, 2.75) is 77.7 Å². The van der Waals surface area contributed by atoms with Gasteiger partial charge in [0, 0.05) is 23.7 Å². The summed E-state index contributed by atoms with van der Waals surface area (Å²) in [5.41, 5.74) is 9.72. The summed E-state index contributed by atoms with van der Waals surface area (Å²) in [6.07, 6.45) is 9.36. The number of rotatable bonds is 10. The highest BCUT2D eigenvalue weighted by Gasteiger charge is 2.25. The van der Waals surface area contributed by atoms with Crippen LogP contribution in [0.1, 0.15) is 88.3 Å². The number of benzene rings is 1. The van der Waals surface area contributed by atoms with Gasteiger partial charge >= 0.3 is 0 Å². The smallest absolute Gasteiger partial charge is 0.159 e. The molecule has 27 heavy (non-hydrogen) atoms. The SMILES string of the molecule is CCCCCC1=NCc2nnc(C(CN)CCCCC)n2-c2ccccc21. The van der Waals surface area contributed by atoms with E-state index in [0.717, 1.165) is 30.2 Å². The van der Waals surface area contributed by atoms with Crippen LogP contribution in [0.15, 0.2) is 29.3 Å². The number of unbranched alkanes of at least 4 members (excludes halogenated alkanes) is 4. The van der Waals surface area contributed by atoms with Crippen molar-refractivity contribution in [2.24, 2.45) is 10.7 Å². The second-order valence-corrected chi connectivity index (χ2v) is 7.48. The number of hydrogen-bond donors (Lipinski definition) is 1. The molecule has 5 heteroatoms. The number of para-hydroxylation sites is 1. The quantitative estimate of drug-likeness (QED) is 0.615. The molecule has 0 fully saturated rings. The molecule has 2 heterocycles. The molecule has 0 saturated carbocycles. The summed E-state index contributed by atoms with van der Waals surface area (Å²) in [6.45, 7) is 5.67. The number of aliphatic imine (C=N–C) groups is 1. The van der Waals surface area contributed by atoms with Gasteiger partial charge in [0.2, 0.25) is 0 Å². The highest BCUT2D eigenvalue weighted by molar-refractivity contribution is 6.03. The van der Waals surface area contributed by atoms with Crippen molar-refractivity contribution in [3.8, 4) is 5.69 Å². The average molecular weight is 368 g/mol.